The predicted molar refractivity (Wildman–Crippen MR) is 134 cm³/mol. The van der Waals surface area contributed by atoms with E-state index in [1.54, 1.807) is 39.0 Å². The molecule has 8 heteroatoms. The number of halogens is 1. The molecule has 0 spiro atoms. The fourth-order valence-electron chi connectivity index (χ4n) is 4.46. The van der Waals surface area contributed by atoms with Gasteiger partial charge in [-0.3, -0.25) is 4.79 Å². The first-order chi connectivity index (χ1) is 17.1. The van der Waals surface area contributed by atoms with E-state index in [9.17, 15) is 18.8 Å². The molecule has 0 saturated heterocycles. The van der Waals surface area contributed by atoms with Gasteiger partial charge in [-0.25, -0.2) is 18.5 Å². The Morgan fingerprint density at radius 1 is 1.14 bits per heavy atom. The van der Waals surface area contributed by atoms with E-state index in [2.05, 4.69) is 5.32 Å². The van der Waals surface area contributed by atoms with E-state index in [0.29, 0.717) is 34.3 Å². The summed E-state index contributed by atoms with van der Waals surface area (Å²) in [7, 11) is 1.24. The molecule has 2 aromatic carbocycles. The molecule has 0 fully saturated rings. The van der Waals surface area contributed by atoms with Crippen molar-refractivity contribution < 1.29 is 28.2 Å². The van der Waals surface area contributed by atoms with Gasteiger partial charge in [-0.05, 0) is 55.7 Å². The highest BCUT2D eigenvalue weighted by Gasteiger charge is 2.28. The van der Waals surface area contributed by atoms with Gasteiger partial charge in [0.05, 0.1) is 19.0 Å². The van der Waals surface area contributed by atoms with Crippen molar-refractivity contribution >= 4 is 34.9 Å². The van der Waals surface area contributed by atoms with Gasteiger partial charge in [0.25, 0.3) is 0 Å². The van der Waals surface area contributed by atoms with Crippen LogP contribution in [-0.2, 0) is 38.3 Å². The molecule has 1 amide bonds. The van der Waals surface area contributed by atoms with Crippen LogP contribution in [0.2, 0.25) is 0 Å². The lowest BCUT2D eigenvalue weighted by atomic mass is 10.0. The van der Waals surface area contributed by atoms with Crippen molar-refractivity contribution in [1.29, 1.82) is 0 Å². The molecule has 1 unspecified atom stereocenters. The van der Waals surface area contributed by atoms with Gasteiger partial charge in [-0.2, -0.15) is 0 Å². The van der Waals surface area contributed by atoms with Crippen LogP contribution in [0.4, 0.5) is 9.18 Å². The summed E-state index contributed by atoms with van der Waals surface area (Å²) < 4.78 is 26.4. The van der Waals surface area contributed by atoms with Gasteiger partial charge in [0.15, 0.2) is 0 Å². The third-order valence-corrected chi connectivity index (χ3v) is 5.86. The SMILES string of the molecule is COC(=O)C1Cc2cc(F)cc(c2)/C=C\Cc2c(c3ccccc3n2C(=O)OC(C)(C)C)CC(=O)N1. The third kappa shape index (κ3) is 5.48. The lowest BCUT2D eigenvalue weighted by Gasteiger charge is -2.21. The van der Waals surface area contributed by atoms with Crippen LogP contribution in [0.3, 0.4) is 0 Å². The van der Waals surface area contributed by atoms with Crippen LogP contribution < -0.4 is 5.32 Å². The van der Waals surface area contributed by atoms with E-state index < -0.39 is 35.4 Å². The van der Waals surface area contributed by atoms with Gasteiger partial charge >= 0.3 is 12.1 Å². The standard InChI is InChI=1S/C28H29FN2O5/c1-28(2,3)36-27(34)31-23-10-6-5-9-20(23)21-16-25(32)30-22(26(33)35-4)15-18-12-17(13-19(29)14-18)8-7-11-24(21)31/h5-10,12-14,22H,11,15-16H2,1-4H3,(H,30,32)/b8-7-. The first kappa shape index (κ1) is 25.2. The number of fused-ring (bicyclic) bond motifs is 5. The van der Waals surface area contributed by atoms with Gasteiger partial charge in [0.1, 0.15) is 17.5 Å². The van der Waals surface area contributed by atoms with Crippen molar-refractivity contribution in [2.24, 2.45) is 0 Å². The molecular weight excluding hydrogens is 463 g/mol. The zero-order valence-electron chi connectivity index (χ0n) is 20.8. The fraction of sp³-hybridized carbons (Fsp3) is 0.321. The maximum absolute atomic E-state index is 14.3. The minimum atomic E-state index is -0.996. The second-order valence-corrected chi connectivity index (χ2v) is 9.78. The molecule has 1 N–H and O–H groups in total. The van der Waals surface area contributed by atoms with E-state index in [-0.39, 0.29) is 12.8 Å². The average Bonchev–Trinajstić information content (AvgIpc) is 3.09. The highest BCUT2D eigenvalue weighted by Crippen LogP contribution is 2.29. The summed E-state index contributed by atoms with van der Waals surface area (Å²) in [5.41, 5.74) is 2.27. The monoisotopic (exact) mass is 492 g/mol. The number of nitrogens with one attached hydrogen (secondary N) is 1. The van der Waals surface area contributed by atoms with Crippen molar-refractivity contribution in [3.05, 3.63) is 76.7 Å². The summed E-state index contributed by atoms with van der Waals surface area (Å²) in [4.78, 5) is 38.9. The number of aromatic nitrogens is 1. The number of esters is 1. The maximum Gasteiger partial charge on any atom is 0.419 e. The van der Waals surface area contributed by atoms with Gasteiger partial charge < -0.3 is 14.8 Å². The van der Waals surface area contributed by atoms with Crippen molar-refractivity contribution in [1.82, 2.24) is 9.88 Å². The first-order valence-electron chi connectivity index (χ1n) is 11.7. The number of nitrogens with zero attached hydrogens (tertiary/aromatic N) is 1. The number of carbonyl (C=O) groups is 3. The summed E-state index contributed by atoms with van der Waals surface area (Å²) in [5, 5.41) is 3.47. The minimum absolute atomic E-state index is 0.0705. The molecule has 36 heavy (non-hydrogen) atoms. The van der Waals surface area contributed by atoms with E-state index in [1.807, 2.05) is 24.3 Å². The molecule has 1 atom stereocenters. The summed E-state index contributed by atoms with van der Waals surface area (Å²) in [5.74, 6) is -1.50. The molecule has 3 aromatic rings. The maximum atomic E-state index is 14.3. The van der Waals surface area contributed by atoms with Crippen molar-refractivity contribution in [2.75, 3.05) is 7.11 Å². The smallest absolute Gasteiger partial charge is 0.419 e. The van der Waals surface area contributed by atoms with Gasteiger partial charge in [0, 0.05) is 23.9 Å². The van der Waals surface area contributed by atoms with Crippen molar-refractivity contribution in [3.63, 3.8) is 0 Å². The summed E-state index contributed by atoms with van der Waals surface area (Å²) >= 11 is 0. The first-order valence-corrected chi connectivity index (χ1v) is 11.7. The molecule has 0 radical (unpaired) electrons. The van der Waals surface area contributed by atoms with Crippen LogP contribution in [0, 0.1) is 5.82 Å². The second kappa shape index (κ2) is 9.97. The average molecular weight is 493 g/mol. The number of carbonyl (C=O) groups excluding carboxylic acids is 3. The van der Waals surface area contributed by atoms with Crippen molar-refractivity contribution in [3.8, 4) is 0 Å². The summed E-state index contributed by atoms with van der Waals surface area (Å²) in [6.45, 7) is 5.36. The molecule has 2 bridgehead atoms. The zero-order chi connectivity index (χ0) is 26.0. The third-order valence-electron chi connectivity index (χ3n) is 5.86. The summed E-state index contributed by atoms with van der Waals surface area (Å²) in [6.07, 6.45) is 3.32. The van der Waals surface area contributed by atoms with Crippen LogP contribution in [0.5, 0.6) is 0 Å². The quantitative estimate of drug-likeness (QED) is 0.503. The van der Waals surface area contributed by atoms with Crippen LogP contribution in [-0.4, -0.2) is 41.3 Å². The topological polar surface area (TPSA) is 86.6 Å². The molecule has 1 aliphatic heterocycles. The number of rotatable bonds is 1. The Hall–Kier alpha value is -3.94. The van der Waals surface area contributed by atoms with Crippen molar-refractivity contribution in [2.45, 2.75) is 51.7 Å². The number of amides is 1. The Kier molecular flexibility index (Phi) is 6.97. The Balaban J connectivity index is 1.89. The molecule has 2 heterocycles. The number of para-hydroxylation sites is 1. The molecular formula is C28H29FN2O5. The molecule has 4 rings (SSSR count). The number of methoxy groups -OCH3 is 1. The highest BCUT2D eigenvalue weighted by atomic mass is 19.1. The van der Waals surface area contributed by atoms with E-state index in [4.69, 9.17) is 9.47 Å². The molecule has 0 saturated carbocycles. The predicted octanol–water partition coefficient (Wildman–Crippen LogP) is 4.58. The number of hydrogen-bond acceptors (Lipinski definition) is 5. The van der Waals surface area contributed by atoms with Gasteiger partial charge in [-0.1, -0.05) is 36.4 Å². The Morgan fingerprint density at radius 2 is 1.89 bits per heavy atom. The Morgan fingerprint density at radius 3 is 2.61 bits per heavy atom. The van der Waals surface area contributed by atoms with E-state index in [0.717, 1.165) is 5.39 Å². The molecule has 1 aliphatic rings. The van der Waals surface area contributed by atoms with E-state index in [1.165, 1.54) is 23.8 Å². The van der Waals surface area contributed by atoms with E-state index >= 15 is 0 Å². The van der Waals surface area contributed by atoms with Gasteiger partial charge in [-0.15, -0.1) is 0 Å². The zero-order valence-corrected chi connectivity index (χ0v) is 20.8. The largest absolute Gasteiger partial charge is 0.467 e. The number of ether oxygens (including phenoxy) is 2. The highest BCUT2D eigenvalue weighted by molar-refractivity contribution is 5.97. The number of allylic oxidation sites excluding steroid dienone is 1. The minimum Gasteiger partial charge on any atom is -0.467 e. The Bertz CT molecular complexity index is 1370. The molecule has 188 valence electrons. The van der Waals surface area contributed by atoms with Crippen LogP contribution in [0.1, 0.15) is 43.2 Å². The molecule has 7 nitrogen and oxygen atoms in total. The van der Waals surface area contributed by atoms with Crippen LogP contribution >= 0.6 is 0 Å². The van der Waals surface area contributed by atoms with Gasteiger partial charge in [0.2, 0.25) is 5.91 Å². The summed E-state index contributed by atoms with van der Waals surface area (Å²) in [6, 6.07) is 10.8. The number of hydrogen-bond donors (Lipinski definition) is 1. The fourth-order valence-corrected chi connectivity index (χ4v) is 4.46. The normalized spacial score (nSPS) is 17.1. The number of benzene rings is 2. The lowest BCUT2D eigenvalue weighted by molar-refractivity contribution is -0.145. The molecule has 1 aromatic heterocycles. The van der Waals surface area contributed by atoms with Crippen LogP contribution in [0.25, 0.3) is 17.0 Å². The second-order valence-electron chi connectivity index (χ2n) is 9.78. The van der Waals surface area contributed by atoms with Crippen LogP contribution in [0.15, 0.2) is 48.5 Å². The Labute approximate surface area is 208 Å². The molecule has 0 aliphatic carbocycles. The lowest BCUT2D eigenvalue weighted by Crippen LogP contribution is -2.43.